The van der Waals surface area contributed by atoms with Crippen LogP contribution in [0.3, 0.4) is 0 Å². The van der Waals surface area contributed by atoms with E-state index in [0.29, 0.717) is 10.0 Å². The average Bonchev–Trinajstić information content (AvgIpc) is 2.30. The van der Waals surface area contributed by atoms with Gasteiger partial charge in [-0.25, -0.2) is 0 Å². The maximum absolute atomic E-state index is 6.13. The molecule has 1 nitrogen and oxygen atoms in total. The molecule has 0 unspecified atom stereocenters. The van der Waals surface area contributed by atoms with Crippen LogP contribution in [0.4, 0.5) is 5.69 Å². The van der Waals surface area contributed by atoms with Gasteiger partial charge in [-0.3, -0.25) is 0 Å². The summed E-state index contributed by atoms with van der Waals surface area (Å²) >= 11 is 12.3. The molecule has 1 radical (unpaired) electrons. The number of rotatable bonds is 3. The smallest absolute Gasteiger partial charge is 0.0745 e. The SMILES string of the molecule is CN(Cc1ccccc1)c1c(Cl)c[c]cc1Cl. The van der Waals surface area contributed by atoms with Gasteiger partial charge in [-0.05, 0) is 23.8 Å². The number of halogens is 2. The first-order valence-corrected chi connectivity index (χ1v) is 6.04. The fourth-order valence-corrected chi connectivity index (χ4v) is 2.41. The van der Waals surface area contributed by atoms with Gasteiger partial charge in [-0.15, -0.1) is 0 Å². The second kappa shape index (κ2) is 5.44. The van der Waals surface area contributed by atoms with Gasteiger partial charge in [-0.1, -0.05) is 53.5 Å². The van der Waals surface area contributed by atoms with Crippen molar-refractivity contribution in [3.8, 4) is 0 Å². The summed E-state index contributed by atoms with van der Waals surface area (Å²) in [6.07, 6.45) is 0. The Hall–Kier alpha value is -1.18. The van der Waals surface area contributed by atoms with Crippen molar-refractivity contribution in [1.29, 1.82) is 0 Å². The van der Waals surface area contributed by atoms with Crippen LogP contribution in [0.5, 0.6) is 0 Å². The molecular weight excluding hydrogens is 253 g/mol. The molecule has 0 fully saturated rings. The maximum atomic E-state index is 6.13. The van der Waals surface area contributed by atoms with Crippen molar-refractivity contribution in [3.63, 3.8) is 0 Å². The Morgan fingerprint density at radius 1 is 1.06 bits per heavy atom. The molecule has 0 aliphatic carbocycles. The molecule has 3 heteroatoms. The normalized spacial score (nSPS) is 10.3. The van der Waals surface area contributed by atoms with Gasteiger partial charge in [0.1, 0.15) is 0 Å². The third-order valence-corrected chi connectivity index (χ3v) is 3.09. The van der Waals surface area contributed by atoms with Crippen LogP contribution in [-0.2, 0) is 6.54 Å². The molecule has 0 N–H and O–H groups in total. The van der Waals surface area contributed by atoms with Crippen molar-refractivity contribution >= 4 is 28.9 Å². The lowest BCUT2D eigenvalue weighted by atomic mass is 10.2. The van der Waals surface area contributed by atoms with Crippen molar-refractivity contribution in [2.24, 2.45) is 0 Å². The van der Waals surface area contributed by atoms with Crippen LogP contribution < -0.4 is 4.90 Å². The van der Waals surface area contributed by atoms with Crippen molar-refractivity contribution in [1.82, 2.24) is 0 Å². The van der Waals surface area contributed by atoms with E-state index in [1.165, 1.54) is 5.56 Å². The lowest BCUT2D eigenvalue weighted by Gasteiger charge is -2.21. The molecule has 0 aliphatic heterocycles. The van der Waals surface area contributed by atoms with Crippen LogP contribution in [-0.4, -0.2) is 7.05 Å². The van der Waals surface area contributed by atoms with Gasteiger partial charge in [0.2, 0.25) is 0 Å². The van der Waals surface area contributed by atoms with E-state index < -0.39 is 0 Å². The highest BCUT2D eigenvalue weighted by atomic mass is 35.5. The lowest BCUT2D eigenvalue weighted by molar-refractivity contribution is 0.923. The third kappa shape index (κ3) is 2.93. The van der Waals surface area contributed by atoms with Crippen LogP contribution in [0.15, 0.2) is 42.5 Å². The predicted molar refractivity (Wildman–Crippen MR) is 73.8 cm³/mol. The van der Waals surface area contributed by atoms with Gasteiger partial charge >= 0.3 is 0 Å². The highest BCUT2D eigenvalue weighted by molar-refractivity contribution is 6.39. The van der Waals surface area contributed by atoms with Crippen molar-refractivity contribution in [2.45, 2.75) is 6.54 Å². The molecule has 2 aromatic rings. The first-order chi connectivity index (χ1) is 8.18. The molecule has 0 saturated carbocycles. The summed E-state index contributed by atoms with van der Waals surface area (Å²) in [7, 11) is 1.97. The van der Waals surface area contributed by atoms with Crippen molar-refractivity contribution in [2.75, 3.05) is 11.9 Å². The number of anilines is 1. The van der Waals surface area contributed by atoms with Crippen LogP contribution in [0, 0.1) is 6.07 Å². The molecule has 0 aliphatic rings. The van der Waals surface area contributed by atoms with Gasteiger partial charge < -0.3 is 4.90 Å². The highest BCUT2D eigenvalue weighted by Crippen LogP contribution is 2.33. The summed E-state index contributed by atoms with van der Waals surface area (Å²) < 4.78 is 0. The molecule has 0 spiro atoms. The summed E-state index contributed by atoms with van der Waals surface area (Å²) in [6.45, 7) is 0.768. The minimum absolute atomic E-state index is 0.621. The van der Waals surface area contributed by atoms with E-state index in [2.05, 4.69) is 18.2 Å². The minimum atomic E-state index is 0.621. The summed E-state index contributed by atoms with van der Waals surface area (Å²) in [4.78, 5) is 2.04. The van der Waals surface area contributed by atoms with E-state index in [9.17, 15) is 0 Å². The zero-order valence-electron chi connectivity index (χ0n) is 9.45. The number of hydrogen-bond acceptors (Lipinski definition) is 1. The monoisotopic (exact) mass is 264 g/mol. The van der Waals surface area contributed by atoms with Crippen LogP contribution in [0.2, 0.25) is 10.0 Å². The first-order valence-electron chi connectivity index (χ1n) is 5.28. The summed E-state index contributed by atoms with van der Waals surface area (Å²) in [5.74, 6) is 0. The summed E-state index contributed by atoms with van der Waals surface area (Å²) in [6, 6.07) is 16.5. The third-order valence-electron chi connectivity index (χ3n) is 2.52. The van der Waals surface area contributed by atoms with Gasteiger partial charge in [0.05, 0.1) is 15.7 Å². The van der Waals surface area contributed by atoms with E-state index in [0.717, 1.165) is 12.2 Å². The molecule has 2 aromatic carbocycles. The average molecular weight is 265 g/mol. The van der Waals surface area contributed by atoms with Gasteiger partial charge in [0, 0.05) is 13.6 Å². The van der Waals surface area contributed by atoms with Gasteiger partial charge in [0.15, 0.2) is 0 Å². The maximum Gasteiger partial charge on any atom is 0.0745 e. The largest absolute Gasteiger partial charge is 0.368 e. The van der Waals surface area contributed by atoms with Gasteiger partial charge in [-0.2, -0.15) is 0 Å². The Balaban J connectivity index is 2.23. The fraction of sp³-hybridized carbons (Fsp3) is 0.143. The van der Waals surface area contributed by atoms with Crippen LogP contribution in [0.25, 0.3) is 0 Å². The van der Waals surface area contributed by atoms with E-state index in [1.54, 1.807) is 12.1 Å². The van der Waals surface area contributed by atoms with Crippen LogP contribution in [0.1, 0.15) is 5.56 Å². The molecule has 0 amide bonds. The van der Waals surface area contributed by atoms with E-state index in [-0.39, 0.29) is 0 Å². The Labute approximate surface area is 112 Å². The minimum Gasteiger partial charge on any atom is -0.368 e. The molecule has 0 aromatic heterocycles. The standard InChI is InChI=1S/C14H12Cl2N/c1-17(10-11-6-3-2-4-7-11)14-12(15)8-5-9-13(14)16/h2-4,6-9H,10H2,1H3. The Morgan fingerprint density at radius 3 is 2.24 bits per heavy atom. The predicted octanol–water partition coefficient (Wildman–Crippen LogP) is 4.43. The Morgan fingerprint density at radius 2 is 1.65 bits per heavy atom. The Kier molecular flexibility index (Phi) is 3.93. The van der Waals surface area contributed by atoms with Crippen LogP contribution >= 0.6 is 23.2 Å². The molecule has 2 rings (SSSR count). The number of benzene rings is 2. The molecule has 0 heterocycles. The zero-order chi connectivity index (χ0) is 12.3. The second-order valence-electron chi connectivity index (χ2n) is 3.84. The lowest BCUT2D eigenvalue weighted by Crippen LogP contribution is -2.17. The van der Waals surface area contributed by atoms with E-state index in [1.807, 2.05) is 30.1 Å². The molecule has 0 saturated heterocycles. The fourth-order valence-electron chi connectivity index (χ4n) is 1.74. The topological polar surface area (TPSA) is 3.24 Å². The molecule has 87 valence electrons. The summed E-state index contributed by atoms with van der Waals surface area (Å²) in [5, 5.41) is 1.24. The summed E-state index contributed by atoms with van der Waals surface area (Å²) in [5.41, 5.74) is 2.06. The van der Waals surface area contributed by atoms with Gasteiger partial charge in [0.25, 0.3) is 0 Å². The van der Waals surface area contributed by atoms with E-state index in [4.69, 9.17) is 23.2 Å². The Bertz CT molecular complexity index is 477. The number of hydrogen-bond donors (Lipinski definition) is 0. The second-order valence-corrected chi connectivity index (χ2v) is 4.66. The van der Waals surface area contributed by atoms with Crippen molar-refractivity contribution < 1.29 is 0 Å². The molecule has 0 bridgehead atoms. The first kappa shape index (κ1) is 12.3. The molecule has 17 heavy (non-hydrogen) atoms. The zero-order valence-corrected chi connectivity index (χ0v) is 11.0. The molecular formula is C14H12Cl2N. The van der Waals surface area contributed by atoms with E-state index >= 15 is 0 Å². The highest BCUT2D eigenvalue weighted by Gasteiger charge is 2.10. The molecule has 0 atom stereocenters. The van der Waals surface area contributed by atoms with Crippen molar-refractivity contribution in [3.05, 3.63) is 64.1 Å². The number of nitrogens with zero attached hydrogens (tertiary/aromatic N) is 1. The quantitative estimate of drug-likeness (QED) is 0.793.